The summed E-state index contributed by atoms with van der Waals surface area (Å²) >= 11 is 1.62. The number of piperidine rings is 1. The van der Waals surface area contributed by atoms with E-state index in [2.05, 4.69) is 39.6 Å². The van der Waals surface area contributed by atoms with Crippen LogP contribution < -0.4 is 10.8 Å². The van der Waals surface area contributed by atoms with Crippen LogP contribution in [0.5, 0.6) is 0 Å². The van der Waals surface area contributed by atoms with Gasteiger partial charge in [0, 0.05) is 51.9 Å². The maximum absolute atomic E-state index is 13.0. The first-order chi connectivity index (χ1) is 19.2. The summed E-state index contributed by atoms with van der Waals surface area (Å²) in [5.74, 6) is -0.385. The highest BCUT2D eigenvalue weighted by atomic mass is 32.1. The van der Waals surface area contributed by atoms with Crippen LogP contribution >= 0.6 is 11.3 Å². The van der Waals surface area contributed by atoms with Gasteiger partial charge >= 0.3 is 6.03 Å². The normalized spacial score (nSPS) is 14.8. The van der Waals surface area contributed by atoms with Crippen LogP contribution in [0, 0.1) is 13.8 Å². The van der Waals surface area contributed by atoms with Gasteiger partial charge in [0.05, 0.1) is 18.4 Å². The van der Waals surface area contributed by atoms with E-state index in [1.165, 1.54) is 12.0 Å². The number of rotatable bonds is 12. The molecule has 0 aliphatic carbocycles. The molecule has 2 N–H and O–H groups in total. The van der Waals surface area contributed by atoms with E-state index in [-0.39, 0.29) is 29.9 Å². The van der Waals surface area contributed by atoms with Crippen LogP contribution in [0.2, 0.25) is 0 Å². The summed E-state index contributed by atoms with van der Waals surface area (Å²) < 4.78 is 0. The van der Waals surface area contributed by atoms with E-state index >= 15 is 0 Å². The van der Waals surface area contributed by atoms with Crippen LogP contribution in [0.4, 0.5) is 4.79 Å². The van der Waals surface area contributed by atoms with Gasteiger partial charge in [-0.05, 0) is 74.1 Å². The lowest BCUT2D eigenvalue weighted by atomic mass is 10.0. The van der Waals surface area contributed by atoms with Crippen molar-refractivity contribution in [3.63, 3.8) is 0 Å². The Kier molecular flexibility index (Phi) is 11.7. The van der Waals surface area contributed by atoms with Gasteiger partial charge in [-0.3, -0.25) is 14.4 Å². The Morgan fingerprint density at radius 2 is 2.02 bits per heavy atom. The number of pyridine rings is 1. The number of likely N-dealkylation sites (N-methyl/N-ethyl adjacent to an activating group) is 1. The van der Waals surface area contributed by atoms with Crippen LogP contribution in [0.25, 0.3) is 0 Å². The summed E-state index contributed by atoms with van der Waals surface area (Å²) in [5, 5.41) is 7.12. The Morgan fingerprint density at radius 3 is 2.62 bits per heavy atom. The fourth-order valence-electron chi connectivity index (χ4n) is 5.15. The van der Waals surface area contributed by atoms with Crippen molar-refractivity contribution < 1.29 is 19.2 Å². The highest BCUT2D eigenvalue weighted by Gasteiger charge is 2.30. The van der Waals surface area contributed by atoms with Gasteiger partial charge in [-0.15, -0.1) is 6.58 Å². The van der Waals surface area contributed by atoms with Crippen LogP contribution in [0.15, 0.2) is 35.5 Å². The molecule has 11 heteroatoms. The molecule has 4 amide bonds. The highest BCUT2D eigenvalue weighted by molar-refractivity contribution is 7.07. The second-order valence-electron chi connectivity index (χ2n) is 10.3. The van der Waals surface area contributed by atoms with Crippen molar-refractivity contribution >= 4 is 29.2 Å². The van der Waals surface area contributed by atoms with Gasteiger partial charge in [0.1, 0.15) is 5.69 Å². The maximum atomic E-state index is 13.0. The number of urea groups is 1. The molecule has 0 saturated carbocycles. The van der Waals surface area contributed by atoms with E-state index < -0.39 is 0 Å². The average molecular weight is 571 g/mol. The topological polar surface area (TPSA) is 107 Å². The molecule has 3 rings (SSSR count). The number of aromatic nitrogens is 1. The molecule has 0 spiro atoms. The molecule has 0 unspecified atom stereocenters. The lowest BCUT2D eigenvalue weighted by Gasteiger charge is -2.40. The van der Waals surface area contributed by atoms with E-state index in [4.69, 9.17) is 4.84 Å². The fourth-order valence-corrected chi connectivity index (χ4v) is 5.81. The van der Waals surface area contributed by atoms with E-state index in [0.29, 0.717) is 36.6 Å². The molecular formula is C29H42N6O4S. The number of hydroxylamine groups is 1. The number of amides is 4. The Hall–Kier alpha value is -3.28. The summed E-state index contributed by atoms with van der Waals surface area (Å²) in [6, 6.07) is 3.90. The molecule has 40 heavy (non-hydrogen) atoms. The van der Waals surface area contributed by atoms with Crippen molar-refractivity contribution in [2.75, 3.05) is 40.3 Å². The molecule has 0 bridgehead atoms. The quantitative estimate of drug-likeness (QED) is 0.297. The molecule has 2 aromatic rings. The van der Waals surface area contributed by atoms with Crippen molar-refractivity contribution in [1.82, 2.24) is 30.5 Å². The second-order valence-corrected chi connectivity index (χ2v) is 11.1. The molecule has 1 saturated heterocycles. The zero-order valence-corrected chi connectivity index (χ0v) is 25.1. The van der Waals surface area contributed by atoms with Crippen LogP contribution in [0.1, 0.15) is 63.9 Å². The van der Waals surface area contributed by atoms with Crippen molar-refractivity contribution in [2.45, 2.75) is 58.7 Å². The number of nitrogens with zero attached hydrogens (tertiary/aromatic N) is 4. The predicted octanol–water partition coefficient (Wildman–Crippen LogP) is 3.76. The van der Waals surface area contributed by atoms with Gasteiger partial charge in [-0.1, -0.05) is 6.08 Å². The number of hydrogen-bond donors (Lipinski definition) is 2. The van der Waals surface area contributed by atoms with Crippen LogP contribution in [-0.4, -0.2) is 89.9 Å². The van der Waals surface area contributed by atoms with Gasteiger partial charge < -0.3 is 20.0 Å². The molecule has 10 nitrogen and oxygen atoms in total. The second kappa shape index (κ2) is 14.9. The van der Waals surface area contributed by atoms with Gasteiger partial charge in [0.15, 0.2) is 0 Å². The first kappa shape index (κ1) is 31.3. The Balaban J connectivity index is 1.50. The summed E-state index contributed by atoms with van der Waals surface area (Å²) in [7, 11) is 3.14. The molecule has 1 fully saturated rings. The van der Waals surface area contributed by atoms with Crippen molar-refractivity contribution in [1.29, 1.82) is 0 Å². The molecule has 2 aromatic heterocycles. The molecule has 1 aliphatic rings. The third-order valence-electron chi connectivity index (χ3n) is 7.39. The first-order valence-corrected chi connectivity index (χ1v) is 14.6. The van der Waals surface area contributed by atoms with Gasteiger partial charge in [-0.2, -0.15) is 11.3 Å². The Morgan fingerprint density at radius 1 is 1.30 bits per heavy atom. The molecule has 218 valence electrons. The zero-order valence-electron chi connectivity index (χ0n) is 24.2. The lowest BCUT2D eigenvalue weighted by molar-refractivity contribution is 0.0565. The smallest absolute Gasteiger partial charge is 0.341 e. The largest absolute Gasteiger partial charge is 0.352 e. The van der Waals surface area contributed by atoms with Crippen molar-refractivity contribution in [3.05, 3.63) is 63.6 Å². The molecule has 0 radical (unpaired) electrons. The third-order valence-corrected chi connectivity index (χ3v) is 8.12. The van der Waals surface area contributed by atoms with Gasteiger partial charge in [-0.25, -0.2) is 15.3 Å². The lowest BCUT2D eigenvalue weighted by Crippen LogP contribution is -2.51. The molecular weight excluding hydrogens is 528 g/mol. The number of thiophene rings is 1. The van der Waals surface area contributed by atoms with E-state index in [9.17, 15) is 14.4 Å². The third kappa shape index (κ3) is 8.12. The summed E-state index contributed by atoms with van der Waals surface area (Å²) in [4.78, 5) is 53.4. The van der Waals surface area contributed by atoms with E-state index in [1.54, 1.807) is 37.5 Å². The molecule has 3 heterocycles. The Bertz CT molecular complexity index is 1140. The maximum Gasteiger partial charge on any atom is 0.341 e. The highest BCUT2D eigenvalue weighted by Crippen LogP contribution is 2.22. The summed E-state index contributed by atoms with van der Waals surface area (Å²) in [5.41, 5.74) is 5.68. The van der Waals surface area contributed by atoms with E-state index in [1.807, 2.05) is 23.3 Å². The minimum atomic E-state index is -0.218. The first-order valence-electron chi connectivity index (χ1n) is 13.6. The van der Waals surface area contributed by atoms with E-state index in [0.717, 1.165) is 43.5 Å². The minimum absolute atomic E-state index is 0.128. The number of carbonyl (C=O) groups excluding carboxylic acids is 3. The summed E-state index contributed by atoms with van der Waals surface area (Å²) in [6.45, 7) is 12.7. The monoisotopic (exact) mass is 570 g/mol. The number of nitrogens with one attached hydrogen (secondary N) is 2. The molecule has 1 atom stereocenters. The zero-order chi connectivity index (χ0) is 29.2. The standard InChI is InChI=1S/C29H42N6O4S/c1-7-13-33(5)28(37)25-17-20(2)26(22(4)31-25)27(36)30-12-8-21(3)34-14-9-24(10-15-34)35(29(38)32-39-6)18-23-11-16-40-19-23/h7,11,16-17,19,21,24H,1,8-10,12-15,18H2,2-6H3,(H,30,36)(H,32,38)/t21-/m1/s1. The number of hydrogen-bond acceptors (Lipinski definition) is 7. The fraction of sp³-hybridized carbons (Fsp3) is 0.517. The number of likely N-dealkylation sites (tertiary alicyclic amines) is 1. The predicted molar refractivity (Wildman–Crippen MR) is 157 cm³/mol. The molecule has 0 aromatic carbocycles. The minimum Gasteiger partial charge on any atom is -0.352 e. The number of aryl methyl sites for hydroxylation is 2. The van der Waals surface area contributed by atoms with Crippen LogP contribution in [-0.2, 0) is 11.4 Å². The van der Waals surface area contributed by atoms with Gasteiger partial charge in [0.2, 0.25) is 0 Å². The van der Waals surface area contributed by atoms with Crippen molar-refractivity contribution in [3.8, 4) is 0 Å². The summed E-state index contributed by atoms with van der Waals surface area (Å²) in [6.07, 6.45) is 4.20. The SMILES string of the molecule is C=CCN(C)C(=O)c1cc(C)c(C(=O)NCC[C@@H](C)N2CCC(N(Cc3ccsc3)C(=O)NOC)CC2)c(C)n1. The average Bonchev–Trinajstić information content (AvgIpc) is 3.44. The van der Waals surface area contributed by atoms with Gasteiger partial charge in [0.25, 0.3) is 11.8 Å². The Labute approximate surface area is 241 Å². The van der Waals surface area contributed by atoms with Crippen molar-refractivity contribution in [2.24, 2.45) is 0 Å². The number of carbonyl (C=O) groups is 3. The van der Waals surface area contributed by atoms with Crippen LogP contribution in [0.3, 0.4) is 0 Å². The molecule has 1 aliphatic heterocycles.